The molecule has 2 rings (SSSR count). The lowest BCUT2D eigenvalue weighted by Gasteiger charge is -2.31. The summed E-state index contributed by atoms with van der Waals surface area (Å²) in [6, 6.07) is 2.11. The number of carbonyl (C=O) groups is 1. The van der Waals surface area contributed by atoms with Gasteiger partial charge in [0, 0.05) is 19.1 Å². The summed E-state index contributed by atoms with van der Waals surface area (Å²) in [5.41, 5.74) is -0.679. The van der Waals surface area contributed by atoms with E-state index in [0.717, 1.165) is 38.5 Å². The van der Waals surface area contributed by atoms with Gasteiger partial charge in [-0.2, -0.15) is 13.2 Å². The molecule has 0 spiro atoms. The van der Waals surface area contributed by atoms with Crippen molar-refractivity contribution >= 4 is 5.91 Å². The number of amides is 1. The molecule has 1 saturated heterocycles. The number of hydrogen-bond donors (Lipinski definition) is 1. The van der Waals surface area contributed by atoms with Gasteiger partial charge in [0.15, 0.2) is 0 Å². The van der Waals surface area contributed by atoms with Gasteiger partial charge in [-0.15, -0.1) is 0 Å². The number of rotatable bonds is 3. The minimum absolute atomic E-state index is 0.0667. The normalized spacial score (nSPS) is 17.5. The van der Waals surface area contributed by atoms with E-state index >= 15 is 0 Å². The van der Waals surface area contributed by atoms with Gasteiger partial charge in [-0.1, -0.05) is 6.92 Å². The molecule has 0 saturated carbocycles. The predicted octanol–water partition coefficient (Wildman–Crippen LogP) is 2.62. The Bertz CT molecular complexity index is 537. The van der Waals surface area contributed by atoms with Crippen LogP contribution in [0.5, 0.6) is 0 Å². The second kappa shape index (κ2) is 6.64. The molecule has 7 heteroatoms. The Morgan fingerprint density at radius 1 is 1.36 bits per heavy atom. The van der Waals surface area contributed by atoms with E-state index in [-0.39, 0.29) is 23.2 Å². The number of halogens is 3. The molecule has 1 aliphatic rings. The van der Waals surface area contributed by atoms with Crippen molar-refractivity contribution in [3.63, 3.8) is 0 Å². The van der Waals surface area contributed by atoms with Crippen molar-refractivity contribution in [2.45, 2.75) is 38.9 Å². The summed E-state index contributed by atoms with van der Waals surface area (Å²) in [4.78, 5) is 18.0. The van der Waals surface area contributed by atoms with Gasteiger partial charge in [-0.25, -0.2) is 4.98 Å². The second-order valence-electron chi connectivity index (χ2n) is 5.51. The summed E-state index contributed by atoms with van der Waals surface area (Å²) in [5.74, 6) is -0.353. The van der Waals surface area contributed by atoms with Crippen molar-refractivity contribution in [2.24, 2.45) is 0 Å². The molecule has 1 aromatic heterocycles. The minimum Gasteiger partial charge on any atom is -0.349 e. The molecule has 122 valence electrons. The van der Waals surface area contributed by atoms with Gasteiger partial charge in [0.05, 0.1) is 11.3 Å². The molecule has 22 heavy (non-hydrogen) atoms. The van der Waals surface area contributed by atoms with Crippen LogP contribution in [0.2, 0.25) is 0 Å². The van der Waals surface area contributed by atoms with Crippen molar-refractivity contribution in [1.82, 2.24) is 15.2 Å². The first-order valence-electron chi connectivity index (χ1n) is 7.39. The number of hydrogen-bond acceptors (Lipinski definition) is 3. The monoisotopic (exact) mass is 315 g/mol. The van der Waals surface area contributed by atoms with E-state index in [9.17, 15) is 18.0 Å². The number of piperidine rings is 1. The molecular weight excluding hydrogens is 295 g/mol. The van der Waals surface area contributed by atoms with Crippen molar-refractivity contribution in [3.05, 3.63) is 29.1 Å². The number of aryl methyl sites for hydroxylation is 1. The first kappa shape index (κ1) is 16.7. The number of nitrogens with zero attached hydrogens (tertiary/aromatic N) is 2. The molecule has 1 N–H and O–H groups in total. The Balaban J connectivity index is 2.01. The van der Waals surface area contributed by atoms with Gasteiger partial charge < -0.3 is 10.2 Å². The summed E-state index contributed by atoms with van der Waals surface area (Å²) in [5, 5.41) is 2.89. The highest BCUT2D eigenvalue weighted by Gasteiger charge is 2.33. The number of likely N-dealkylation sites (tertiary alicyclic amines) is 1. The number of carbonyl (C=O) groups excluding carboxylic acids is 1. The molecule has 0 bridgehead atoms. The van der Waals surface area contributed by atoms with Crippen molar-refractivity contribution in [3.8, 4) is 0 Å². The molecular formula is C15H20F3N3O. The predicted molar refractivity (Wildman–Crippen MR) is 76.6 cm³/mol. The zero-order chi connectivity index (χ0) is 16.3. The molecule has 0 atom stereocenters. The Kier molecular flexibility index (Phi) is 5.05. The quantitative estimate of drug-likeness (QED) is 0.932. The zero-order valence-electron chi connectivity index (χ0n) is 12.7. The smallest absolute Gasteiger partial charge is 0.349 e. The van der Waals surface area contributed by atoms with Gasteiger partial charge in [0.2, 0.25) is 0 Å². The Labute approximate surface area is 127 Å². The standard InChI is InChI=1S/C15H20F3N3O/c1-3-21-8-6-11(7-9-21)20-14(22)12-4-5-13(15(16,17)18)19-10(12)2/h4-5,11H,3,6-9H2,1-2H3,(H,20,22). The topological polar surface area (TPSA) is 45.2 Å². The molecule has 1 aromatic rings. The summed E-state index contributed by atoms with van der Waals surface area (Å²) < 4.78 is 37.7. The SMILES string of the molecule is CCN1CCC(NC(=O)c2ccc(C(F)(F)F)nc2C)CC1. The van der Waals surface area contributed by atoms with Crippen LogP contribution in [0.4, 0.5) is 13.2 Å². The Hall–Kier alpha value is -1.63. The van der Waals surface area contributed by atoms with Crippen LogP contribution >= 0.6 is 0 Å². The molecule has 1 aliphatic heterocycles. The van der Waals surface area contributed by atoms with Crippen LogP contribution in [-0.4, -0.2) is 41.5 Å². The van der Waals surface area contributed by atoms with Crippen LogP contribution < -0.4 is 5.32 Å². The van der Waals surface area contributed by atoms with E-state index in [2.05, 4.69) is 22.1 Å². The first-order valence-corrected chi connectivity index (χ1v) is 7.39. The highest BCUT2D eigenvalue weighted by atomic mass is 19.4. The minimum atomic E-state index is -4.49. The average molecular weight is 315 g/mol. The fourth-order valence-corrected chi connectivity index (χ4v) is 2.62. The third kappa shape index (κ3) is 3.97. The van der Waals surface area contributed by atoms with Crippen LogP contribution in [0, 0.1) is 6.92 Å². The maximum Gasteiger partial charge on any atom is 0.433 e. The Morgan fingerprint density at radius 2 is 2.00 bits per heavy atom. The maximum absolute atomic E-state index is 12.6. The summed E-state index contributed by atoms with van der Waals surface area (Å²) in [6.45, 7) is 6.35. The molecule has 1 fully saturated rings. The molecule has 0 unspecified atom stereocenters. The summed E-state index contributed by atoms with van der Waals surface area (Å²) in [7, 11) is 0. The molecule has 0 aliphatic carbocycles. The fraction of sp³-hybridized carbons (Fsp3) is 0.600. The van der Waals surface area contributed by atoms with Crippen molar-refractivity contribution in [2.75, 3.05) is 19.6 Å². The van der Waals surface area contributed by atoms with Crippen LogP contribution in [0.1, 0.15) is 41.5 Å². The van der Waals surface area contributed by atoms with E-state index in [0.29, 0.717) is 0 Å². The largest absolute Gasteiger partial charge is 0.433 e. The number of aromatic nitrogens is 1. The zero-order valence-corrected chi connectivity index (χ0v) is 12.7. The van der Waals surface area contributed by atoms with Gasteiger partial charge in [0.25, 0.3) is 5.91 Å². The van der Waals surface area contributed by atoms with E-state index in [1.165, 1.54) is 13.0 Å². The average Bonchev–Trinajstić information content (AvgIpc) is 2.46. The lowest BCUT2D eigenvalue weighted by Crippen LogP contribution is -2.44. The van der Waals surface area contributed by atoms with Crippen LogP contribution in [0.25, 0.3) is 0 Å². The molecule has 4 nitrogen and oxygen atoms in total. The van der Waals surface area contributed by atoms with Crippen molar-refractivity contribution in [1.29, 1.82) is 0 Å². The summed E-state index contributed by atoms with van der Waals surface area (Å²) >= 11 is 0. The highest BCUT2D eigenvalue weighted by molar-refractivity contribution is 5.95. The maximum atomic E-state index is 12.6. The van der Waals surface area contributed by atoms with Crippen LogP contribution in [0.15, 0.2) is 12.1 Å². The summed E-state index contributed by atoms with van der Waals surface area (Å²) in [6.07, 6.45) is -2.79. The van der Waals surface area contributed by atoms with Gasteiger partial charge >= 0.3 is 6.18 Å². The first-order chi connectivity index (χ1) is 10.3. The number of pyridine rings is 1. The lowest BCUT2D eigenvalue weighted by molar-refractivity contribution is -0.141. The lowest BCUT2D eigenvalue weighted by atomic mass is 10.0. The Morgan fingerprint density at radius 3 is 2.50 bits per heavy atom. The van der Waals surface area contributed by atoms with Gasteiger partial charge in [0.1, 0.15) is 5.69 Å². The fourth-order valence-electron chi connectivity index (χ4n) is 2.62. The van der Waals surface area contributed by atoms with Crippen LogP contribution in [-0.2, 0) is 6.18 Å². The highest BCUT2D eigenvalue weighted by Crippen LogP contribution is 2.28. The third-order valence-corrected chi connectivity index (χ3v) is 3.99. The number of nitrogens with one attached hydrogen (secondary N) is 1. The second-order valence-corrected chi connectivity index (χ2v) is 5.51. The third-order valence-electron chi connectivity index (χ3n) is 3.99. The molecule has 2 heterocycles. The van der Waals surface area contributed by atoms with Gasteiger partial charge in [-0.05, 0) is 38.4 Å². The molecule has 0 aromatic carbocycles. The molecule has 1 amide bonds. The van der Waals surface area contributed by atoms with Gasteiger partial charge in [-0.3, -0.25) is 4.79 Å². The van der Waals surface area contributed by atoms with E-state index in [1.54, 1.807) is 0 Å². The van der Waals surface area contributed by atoms with E-state index in [4.69, 9.17) is 0 Å². The van der Waals surface area contributed by atoms with Crippen LogP contribution in [0.3, 0.4) is 0 Å². The molecule has 0 radical (unpaired) electrons. The number of alkyl halides is 3. The van der Waals surface area contributed by atoms with E-state index in [1.807, 2.05) is 0 Å². The van der Waals surface area contributed by atoms with E-state index < -0.39 is 11.9 Å². The van der Waals surface area contributed by atoms with Crippen molar-refractivity contribution < 1.29 is 18.0 Å².